The van der Waals surface area contributed by atoms with E-state index in [-0.39, 0.29) is 22.2 Å². The van der Waals surface area contributed by atoms with Gasteiger partial charge in [0.25, 0.3) is 0 Å². The summed E-state index contributed by atoms with van der Waals surface area (Å²) in [5, 5.41) is 0.0965. The molecule has 0 spiro atoms. The van der Waals surface area contributed by atoms with Gasteiger partial charge in [-0.05, 0) is 30.2 Å². The summed E-state index contributed by atoms with van der Waals surface area (Å²) < 4.78 is 27.2. The standard InChI is InChI=1S/C14H16ClN3O2S/c1-2-10-5-4-8-17-13(10)9-18-21(19,20)14-11(15)6-3-7-12(14)16/h3-8,18H,2,9,16H2,1H3. The molecule has 7 heteroatoms. The molecule has 0 saturated heterocycles. The lowest BCUT2D eigenvalue weighted by Crippen LogP contribution is -2.25. The van der Waals surface area contributed by atoms with Crippen LogP contribution in [0.15, 0.2) is 41.4 Å². The Morgan fingerprint density at radius 1 is 1.29 bits per heavy atom. The molecule has 2 rings (SSSR count). The van der Waals surface area contributed by atoms with Crippen molar-refractivity contribution in [1.82, 2.24) is 9.71 Å². The minimum Gasteiger partial charge on any atom is -0.398 e. The van der Waals surface area contributed by atoms with E-state index < -0.39 is 10.0 Å². The van der Waals surface area contributed by atoms with E-state index >= 15 is 0 Å². The number of halogens is 1. The van der Waals surface area contributed by atoms with Crippen molar-refractivity contribution in [1.29, 1.82) is 0 Å². The van der Waals surface area contributed by atoms with Gasteiger partial charge in [-0.2, -0.15) is 0 Å². The number of hydrogen-bond acceptors (Lipinski definition) is 4. The van der Waals surface area contributed by atoms with Gasteiger partial charge in [-0.15, -0.1) is 0 Å². The molecular formula is C14H16ClN3O2S. The SMILES string of the molecule is CCc1cccnc1CNS(=O)(=O)c1c(N)cccc1Cl. The van der Waals surface area contributed by atoms with Crippen molar-refractivity contribution >= 4 is 27.3 Å². The fraction of sp³-hybridized carbons (Fsp3) is 0.214. The predicted molar refractivity (Wildman–Crippen MR) is 83.5 cm³/mol. The molecule has 5 nitrogen and oxygen atoms in total. The molecule has 0 fully saturated rings. The van der Waals surface area contributed by atoms with Crippen molar-refractivity contribution < 1.29 is 8.42 Å². The summed E-state index contributed by atoms with van der Waals surface area (Å²) in [5.41, 5.74) is 7.51. The molecule has 0 bridgehead atoms. The van der Waals surface area contributed by atoms with E-state index in [1.807, 2.05) is 19.1 Å². The first-order valence-corrected chi connectivity index (χ1v) is 8.28. The number of pyridine rings is 1. The number of nitrogen functional groups attached to an aromatic ring is 1. The fourth-order valence-electron chi connectivity index (χ4n) is 2.00. The van der Waals surface area contributed by atoms with Gasteiger partial charge in [0, 0.05) is 6.20 Å². The van der Waals surface area contributed by atoms with Crippen LogP contribution in [0.3, 0.4) is 0 Å². The second kappa shape index (κ2) is 6.43. The molecule has 0 radical (unpaired) electrons. The van der Waals surface area contributed by atoms with Crippen LogP contribution in [0, 0.1) is 0 Å². The van der Waals surface area contributed by atoms with Crippen LogP contribution in [-0.4, -0.2) is 13.4 Å². The molecule has 112 valence electrons. The average Bonchev–Trinajstić information content (AvgIpc) is 2.45. The third-order valence-electron chi connectivity index (χ3n) is 3.06. The summed E-state index contributed by atoms with van der Waals surface area (Å²) in [6, 6.07) is 8.33. The van der Waals surface area contributed by atoms with E-state index in [0.29, 0.717) is 5.69 Å². The van der Waals surface area contributed by atoms with Gasteiger partial charge in [0.1, 0.15) is 4.90 Å². The number of sulfonamides is 1. The Hall–Kier alpha value is -1.63. The third kappa shape index (κ3) is 3.53. The molecule has 0 unspecified atom stereocenters. The number of aromatic nitrogens is 1. The zero-order valence-corrected chi connectivity index (χ0v) is 13.1. The number of nitrogens with zero attached hydrogens (tertiary/aromatic N) is 1. The van der Waals surface area contributed by atoms with Gasteiger partial charge in [0.15, 0.2) is 0 Å². The highest BCUT2D eigenvalue weighted by Gasteiger charge is 2.21. The van der Waals surface area contributed by atoms with Crippen LogP contribution in [0.2, 0.25) is 5.02 Å². The molecule has 0 aliphatic rings. The van der Waals surface area contributed by atoms with Crippen LogP contribution in [0.5, 0.6) is 0 Å². The number of aryl methyl sites for hydroxylation is 1. The highest BCUT2D eigenvalue weighted by molar-refractivity contribution is 7.89. The summed E-state index contributed by atoms with van der Waals surface area (Å²) in [4.78, 5) is 4.10. The van der Waals surface area contributed by atoms with Crippen molar-refractivity contribution in [2.75, 3.05) is 5.73 Å². The fourth-order valence-corrected chi connectivity index (χ4v) is 3.66. The number of rotatable bonds is 5. The van der Waals surface area contributed by atoms with Gasteiger partial charge in [0.2, 0.25) is 10.0 Å². The summed E-state index contributed by atoms with van der Waals surface area (Å²) >= 11 is 5.94. The maximum absolute atomic E-state index is 12.3. The lowest BCUT2D eigenvalue weighted by atomic mass is 10.1. The van der Waals surface area contributed by atoms with Gasteiger partial charge >= 0.3 is 0 Å². The van der Waals surface area contributed by atoms with Gasteiger partial charge in [0.05, 0.1) is 22.9 Å². The zero-order valence-electron chi connectivity index (χ0n) is 11.5. The van der Waals surface area contributed by atoms with Gasteiger partial charge in [-0.3, -0.25) is 4.98 Å². The first-order chi connectivity index (χ1) is 9.95. The topological polar surface area (TPSA) is 85.1 Å². The molecule has 0 aliphatic carbocycles. The van der Waals surface area contributed by atoms with Gasteiger partial charge in [-0.25, -0.2) is 13.1 Å². The monoisotopic (exact) mass is 325 g/mol. The van der Waals surface area contributed by atoms with Crippen molar-refractivity contribution in [3.63, 3.8) is 0 Å². The van der Waals surface area contributed by atoms with Crippen molar-refractivity contribution in [3.8, 4) is 0 Å². The minimum atomic E-state index is -3.79. The molecule has 3 N–H and O–H groups in total. The normalized spacial score (nSPS) is 11.5. The van der Waals surface area contributed by atoms with E-state index in [1.165, 1.54) is 12.1 Å². The highest BCUT2D eigenvalue weighted by atomic mass is 35.5. The molecule has 1 heterocycles. The second-order valence-electron chi connectivity index (χ2n) is 4.45. The maximum Gasteiger partial charge on any atom is 0.244 e. The maximum atomic E-state index is 12.3. The minimum absolute atomic E-state index is 0.0943. The zero-order chi connectivity index (χ0) is 15.5. The Kier molecular flexibility index (Phi) is 4.82. The van der Waals surface area contributed by atoms with E-state index in [2.05, 4.69) is 9.71 Å². The van der Waals surface area contributed by atoms with Crippen LogP contribution in [0.1, 0.15) is 18.2 Å². The number of benzene rings is 1. The molecule has 1 aromatic heterocycles. The number of nitrogens with one attached hydrogen (secondary N) is 1. The number of nitrogens with two attached hydrogens (primary N) is 1. The molecule has 0 amide bonds. The van der Waals surface area contributed by atoms with E-state index in [1.54, 1.807) is 12.3 Å². The Balaban J connectivity index is 2.27. The highest BCUT2D eigenvalue weighted by Crippen LogP contribution is 2.27. The molecule has 2 aromatic rings. The van der Waals surface area contributed by atoms with Gasteiger partial charge in [-0.1, -0.05) is 30.7 Å². The smallest absolute Gasteiger partial charge is 0.244 e. The second-order valence-corrected chi connectivity index (χ2v) is 6.56. The largest absolute Gasteiger partial charge is 0.398 e. The molecule has 1 aromatic carbocycles. The Morgan fingerprint density at radius 3 is 2.71 bits per heavy atom. The van der Waals surface area contributed by atoms with Crippen LogP contribution in [0.4, 0.5) is 5.69 Å². The molecular weight excluding hydrogens is 310 g/mol. The predicted octanol–water partition coefficient (Wildman–Crippen LogP) is 2.36. The average molecular weight is 326 g/mol. The van der Waals surface area contributed by atoms with Crippen molar-refractivity contribution in [2.45, 2.75) is 24.8 Å². The van der Waals surface area contributed by atoms with Crippen LogP contribution in [0.25, 0.3) is 0 Å². The number of hydrogen-bond donors (Lipinski definition) is 2. The van der Waals surface area contributed by atoms with E-state index in [9.17, 15) is 8.42 Å². The van der Waals surface area contributed by atoms with Crippen LogP contribution in [-0.2, 0) is 23.0 Å². The van der Waals surface area contributed by atoms with Gasteiger partial charge < -0.3 is 5.73 Å². The molecule has 0 saturated carbocycles. The van der Waals surface area contributed by atoms with Crippen molar-refractivity contribution in [2.24, 2.45) is 0 Å². The Labute approximate surface area is 129 Å². The molecule has 0 atom stereocenters. The van der Waals surface area contributed by atoms with E-state index in [0.717, 1.165) is 12.0 Å². The van der Waals surface area contributed by atoms with E-state index in [4.69, 9.17) is 17.3 Å². The summed E-state index contributed by atoms with van der Waals surface area (Å²) in [6.07, 6.45) is 2.41. The molecule has 21 heavy (non-hydrogen) atoms. The first kappa shape index (κ1) is 15.8. The summed E-state index contributed by atoms with van der Waals surface area (Å²) in [6.45, 7) is 2.08. The summed E-state index contributed by atoms with van der Waals surface area (Å²) in [7, 11) is -3.79. The quantitative estimate of drug-likeness (QED) is 0.826. The Bertz CT molecular complexity index is 727. The van der Waals surface area contributed by atoms with Crippen LogP contribution < -0.4 is 10.5 Å². The summed E-state index contributed by atoms with van der Waals surface area (Å²) in [5.74, 6) is 0. The lowest BCUT2D eigenvalue weighted by molar-refractivity contribution is 0.580. The number of anilines is 1. The first-order valence-electron chi connectivity index (χ1n) is 6.42. The Morgan fingerprint density at radius 2 is 2.05 bits per heavy atom. The molecule has 0 aliphatic heterocycles. The lowest BCUT2D eigenvalue weighted by Gasteiger charge is -2.11. The van der Waals surface area contributed by atoms with Crippen LogP contribution >= 0.6 is 11.6 Å². The third-order valence-corrected chi connectivity index (χ3v) is 5.01. The van der Waals surface area contributed by atoms with Crippen molar-refractivity contribution in [3.05, 3.63) is 52.8 Å².